The molecule has 4 atom stereocenters. The molecule has 4 unspecified atom stereocenters. The van der Waals surface area contributed by atoms with Gasteiger partial charge in [-0.05, 0) is 42.5 Å². The number of hydrogen-bond acceptors (Lipinski definition) is 8. The highest BCUT2D eigenvalue weighted by Crippen LogP contribution is 2.51. The Morgan fingerprint density at radius 2 is 1.44 bits per heavy atom. The summed E-state index contributed by atoms with van der Waals surface area (Å²) in [6, 6.07) is 26.1. The molecule has 0 aliphatic carbocycles. The van der Waals surface area contributed by atoms with Gasteiger partial charge in [0.2, 0.25) is 13.3 Å². The van der Waals surface area contributed by atoms with Crippen molar-refractivity contribution in [1.29, 1.82) is 0 Å². The maximum Gasteiger partial charge on any atom is 0.328 e. The van der Waals surface area contributed by atoms with E-state index in [0.717, 1.165) is 34.0 Å². The Morgan fingerprint density at radius 1 is 0.867 bits per heavy atom. The van der Waals surface area contributed by atoms with Crippen LogP contribution < -0.4 is 11.1 Å². The summed E-state index contributed by atoms with van der Waals surface area (Å²) in [5.74, 6) is -2.37. The smallest absolute Gasteiger partial charge is 0.328 e. The van der Waals surface area contributed by atoms with Gasteiger partial charge >= 0.3 is 5.97 Å². The van der Waals surface area contributed by atoms with E-state index in [1.54, 1.807) is 13.8 Å². The second-order valence-corrected chi connectivity index (χ2v) is 16.1. The molecule has 0 bridgehead atoms. The Bertz CT molecular complexity index is 1440. The Hall–Kier alpha value is -3.23. The van der Waals surface area contributed by atoms with Crippen LogP contribution in [0.25, 0.3) is 11.1 Å². The van der Waals surface area contributed by atoms with Crippen molar-refractivity contribution in [2.24, 2.45) is 17.1 Å². The van der Waals surface area contributed by atoms with Gasteiger partial charge in [0.1, 0.15) is 12.6 Å². The van der Waals surface area contributed by atoms with Crippen LogP contribution >= 0.6 is 19.1 Å². The van der Waals surface area contributed by atoms with Crippen molar-refractivity contribution < 1.29 is 28.2 Å². The number of carbonyl (C=O) groups is 3. The predicted octanol–water partition coefficient (Wildman–Crippen LogP) is 6.67. The molecule has 3 rings (SSSR count). The highest BCUT2D eigenvalue weighted by molar-refractivity contribution is 8.13. The Labute approximate surface area is 271 Å². The molecule has 0 aliphatic rings. The second kappa shape index (κ2) is 16.9. The van der Waals surface area contributed by atoms with Crippen molar-refractivity contribution in [3.8, 4) is 11.1 Å². The molecule has 0 heterocycles. The van der Waals surface area contributed by atoms with Gasteiger partial charge in [0.15, 0.2) is 5.12 Å². The van der Waals surface area contributed by atoms with Gasteiger partial charge in [-0.2, -0.15) is 0 Å². The zero-order chi connectivity index (χ0) is 33.0. The van der Waals surface area contributed by atoms with Crippen LogP contribution in [0.5, 0.6) is 0 Å². The number of amides is 1. The maximum absolute atomic E-state index is 14.1. The number of carbonyl (C=O) groups excluding carboxylic acids is 3. The van der Waals surface area contributed by atoms with Gasteiger partial charge in [0.25, 0.3) is 0 Å². The molecule has 0 fully saturated rings. The topological polar surface area (TPSA) is 125 Å². The van der Waals surface area contributed by atoms with Crippen LogP contribution in [-0.2, 0) is 41.2 Å². The zero-order valence-electron chi connectivity index (χ0n) is 26.7. The van der Waals surface area contributed by atoms with Crippen LogP contribution in [0.1, 0.15) is 45.7 Å². The molecule has 10 heteroatoms. The molecule has 0 aromatic heterocycles. The predicted molar refractivity (Wildman–Crippen MR) is 182 cm³/mol. The van der Waals surface area contributed by atoms with Crippen LogP contribution in [0.3, 0.4) is 0 Å². The Balaban J connectivity index is 1.74. The number of esters is 1. The Morgan fingerprint density at radius 3 is 2.02 bits per heavy atom. The molecule has 3 aromatic rings. The number of thioether (sulfide) groups is 1. The third kappa shape index (κ3) is 11.6. The largest absolute Gasteiger partial charge is 0.459 e. The lowest BCUT2D eigenvalue weighted by Crippen LogP contribution is -2.44. The fourth-order valence-electron chi connectivity index (χ4n) is 4.42. The molecule has 0 saturated carbocycles. The summed E-state index contributed by atoms with van der Waals surface area (Å²) in [6.45, 7) is 8.80. The molecule has 45 heavy (non-hydrogen) atoms. The lowest BCUT2D eigenvalue weighted by atomic mass is 9.97. The minimum Gasteiger partial charge on any atom is -0.459 e. The van der Waals surface area contributed by atoms with E-state index in [1.807, 2.05) is 106 Å². The van der Waals surface area contributed by atoms with Crippen molar-refractivity contribution in [3.63, 3.8) is 0 Å². The van der Waals surface area contributed by atoms with Gasteiger partial charge in [-0.25, -0.2) is 4.79 Å². The van der Waals surface area contributed by atoms with Gasteiger partial charge < -0.3 is 20.3 Å². The summed E-state index contributed by atoms with van der Waals surface area (Å²) in [5.41, 5.74) is 9.47. The average Bonchev–Trinajstić information content (AvgIpc) is 3.02. The van der Waals surface area contributed by atoms with Crippen LogP contribution in [0.2, 0.25) is 0 Å². The highest BCUT2D eigenvalue weighted by atomic mass is 32.2. The SMILES string of the molecule is CC(NC(=O)C(Cc1ccc(-c2ccccc2)cc1)CP(=O)(OCCSC(=O)C(C)(C)C)C(C)N)C(=O)OCc1ccccc1. The summed E-state index contributed by atoms with van der Waals surface area (Å²) < 4.78 is 25.3. The fourth-order valence-corrected chi connectivity index (χ4v) is 7.31. The van der Waals surface area contributed by atoms with Crippen LogP contribution in [0.4, 0.5) is 0 Å². The average molecular weight is 653 g/mol. The summed E-state index contributed by atoms with van der Waals surface area (Å²) in [7, 11) is -3.54. The normalized spacial score (nSPS) is 14.9. The third-order valence-electron chi connectivity index (χ3n) is 7.18. The first-order valence-electron chi connectivity index (χ1n) is 15.1. The monoisotopic (exact) mass is 652 g/mol. The van der Waals surface area contributed by atoms with E-state index in [2.05, 4.69) is 5.32 Å². The molecular weight excluding hydrogens is 607 g/mol. The second-order valence-electron chi connectivity index (χ2n) is 12.2. The van der Waals surface area contributed by atoms with Gasteiger partial charge in [0.05, 0.1) is 18.3 Å². The number of nitrogens with one attached hydrogen (secondary N) is 1. The number of hydrogen-bond donors (Lipinski definition) is 2. The van der Waals surface area contributed by atoms with Gasteiger partial charge in [-0.15, -0.1) is 0 Å². The van der Waals surface area contributed by atoms with E-state index < -0.39 is 42.4 Å². The summed E-state index contributed by atoms with van der Waals surface area (Å²) in [4.78, 5) is 38.7. The lowest BCUT2D eigenvalue weighted by Gasteiger charge is -2.27. The summed E-state index contributed by atoms with van der Waals surface area (Å²) in [6.07, 6.45) is 0.130. The van der Waals surface area contributed by atoms with Crippen molar-refractivity contribution in [3.05, 3.63) is 96.1 Å². The van der Waals surface area contributed by atoms with E-state index in [4.69, 9.17) is 15.0 Å². The summed E-state index contributed by atoms with van der Waals surface area (Å²) in [5, 5.41) is 2.76. The minimum absolute atomic E-state index is 0.00562. The zero-order valence-corrected chi connectivity index (χ0v) is 28.4. The molecule has 1 amide bonds. The quantitative estimate of drug-likeness (QED) is 0.106. The fraction of sp³-hybridized carbons (Fsp3) is 0.400. The molecule has 3 N–H and O–H groups in total. The molecular formula is C35H45N2O6PS. The lowest BCUT2D eigenvalue weighted by molar-refractivity contribution is -0.148. The number of ether oxygens (including phenoxy) is 1. The van der Waals surface area contributed by atoms with Crippen LogP contribution in [0.15, 0.2) is 84.9 Å². The van der Waals surface area contributed by atoms with Gasteiger partial charge in [-0.1, -0.05) is 117 Å². The molecule has 0 spiro atoms. The minimum atomic E-state index is -3.54. The number of rotatable bonds is 15. The Kier molecular flexibility index (Phi) is 13.6. The maximum atomic E-state index is 14.1. The van der Waals surface area contributed by atoms with E-state index in [9.17, 15) is 18.9 Å². The van der Waals surface area contributed by atoms with Crippen molar-refractivity contribution >= 4 is 36.1 Å². The summed E-state index contributed by atoms with van der Waals surface area (Å²) >= 11 is 1.12. The molecule has 0 aliphatic heterocycles. The molecule has 242 valence electrons. The molecule has 3 aromatic carbocycles. The van der Waals surface area contributed by atoms with Crippen LogP contribution in [-0.4, -0.2) is 47.3 Å². The van der Waals surface area contributed by atoms with Crippen molar-refractivity contribution in [2.75, 3.05) is 18.5 Å². The molecule has 0 radical (unpaired) electrons. The van der Waals surface area contributed by atoms with E-state index in [1.165, 1.54) is 0 Å². The van der Waals surface area contributed by atoms with Gasteiger partial charge in [0, 0.05) is 17.3 Å². The van der Waals surface area contributed by atoms with Gasteiger partial charge in [-0.3, -0.25) is 14.2 Å². The van der Waals surface area contributed by atoms with Crippen molar-refractivity contribution in [1.82, 2.24) is 5.32 Å². The van der Waals surface area contributed by atoms with Crippen LogP contribution in [0, 0.1) is 11.3 Å². The first-order chi connectivity index (χ1) is 21.3. The highest BCUT2D eigenvalue weighted by Gasteiger charge is 2.36. The first-order valence-corrected chi connectivity index (χ1v) is 18.0. The van der Waals surface area contributed by atoms with E-state index >= 15 is 0 Å². The molecule has 8 nitrogen and oxygen atoms in total. The van der Waals surface area contributed by atoms with E-state index in [0.29, 0.717) is 5.75 Å². The van der Waals surface area contributed by atoms with E-state index in [-0.39, 0.29) is 30.9 Å². The first kappa shape index (κ1) is 36.2. The molecule has 0 saturated heterocycles. The number of nitrogens with two attached hydrogens (primary N) is 1. The standard InChI is InChI=1S/C35H45N2O6PS/c1-25(33(39)42-23-28-12-8-6-9-13-28)37-32(38)31(22-27-16-18-30(19-17-27)29-14-10-7-11-15-29)24-44(41,26(2)36)43-20-21-45-34(40)35(3,4)5/h6-19,25-26,31H,20-24,36H2,1-5H3,(H,37,38). The third-order valence-corrected chi connectivity index (χ3v) is 11.2. The number of benzene rings is 3. The van der Waals surface area contributed by atoms with Crippen molar-refractivity contribution in [2.45, 2.75) is 59.5 Å².